The molecule has 7 heteroatoms. The Morgan fingerprint density at radius 2 is 1.91 bits per heavy atom. The Labute approximate surface area is 133 Å². The van der Waals surface area contributed by atoms with Crippen LogP contribution in [0, 0.1) is 6.92 Å². The molecule has 0 unspecified atom stereocenters. The number of guanidine groups is 2. The van der Waals surface area contributed by atoms with Gasteiger partial charge in [-0.25, -0.2) is 9.98 Å². The number of nitrogens with zero attached hydrogens (tertiary/aromatic N) is 3. The summed E-state index contributed by atoms with van der Waals surface area (Å²) in [7, 11) is 0. The molecule has 0 saturated carbocycles. The number of aromatic nitrogens is 2. The quantitative estimate of drug-likeness (QED) is 0.424. The van der Waals surface area contributed by atoms with Gasteiger partial charge in [0, 0.05) is 5.56 Å². The second-order valence-corrected chi connectivity index (χ2v) is 5.16. The van der Waals surface area contributed by atoms with Gasteiger partial charge in [-0.15, -0.1) is 0 Å². The van der Waals surface area contributed by atoms with E-state index in [1.807, 2.05) is 43.3 Å². The number of fused-ring (bicyclic) bond motifs is 1. The molecule has 0 saturated heterocycles. The normalized spacial score (nSPS) is 11.6. The largest absolute Gasteiger partial charge is 0.370 e. The summed E-state index contributed by atoms with van der Waals surface area (Å²) in [4.78, 5) is 15.8. The van der Waals surface area contributed by atoms with Gasteiger partial charge in [-0.05, 0) is 36.8 Å². The van der Waals surface area contributed by atoms with Crippen LogP contribution in [-0.2, 0) is 0 Å². The fourth-order valence-corrected chi connectivity index (χ4v) is 2.27. The van der Waals surface area contributed by atoms with Crippen LogP contribution in [0.5, 0.6) is 0 Å². The number of benzene rings is 2. The monoisotopic (exact) mass is 307 g/mol. The first-order valence-electron chi connectivity index (χ1n) is 7.02. The molecule has 0 radical (unpaired) electrons. The lowest BCUT2D eigenvalue weighted by atomic mass is 10.2. The van der Waals surface area contributed by atoms with E-state index in [1.54, 1.807) is 0 Å². The van der Waals surface area contributed by atoms with Crippen molar-refractivity contribution in [3.63, 3.8) is 0 Å². The van der Waals surface area contributed by atoms with Gasteiger partial charge in [0.15, 0.2) is 5.96 Å². The molecule has 7 N–H and O–H groups in total. The third kappa shape index (κ3) is 3.29. The van der Waals surface area contributed by atoms with Crippen LogP contribution in [0.3, 0.4) is 0 Å². The molecule has 0 aliphatic carbocycles. The number of hydrogen-bond donors (Lipinski definition) is 4. The van der Waals surface area contributed by atoms with Crippen molar-refractivity contribution in [3.05, 3.63) is 48.0 Å². The summed E-state index contributed by atoms with van der Waals surface area (Å²) in [6.45, 7) is 2.04. The van der Waals surface area contributed by atoms with E-state index in [9.17, 15) is 0 Å². The molecular formula is C16H17N7. The zero-order valence-corrected chi connectivity index (χ0v) is 12.6. The van der Waals surface area contributed by atoms with Crippen LogP contribution in [-0.4, -0.2) is 21.9 Å². The Kier molecular flexibility index (Phi) is 3.68. The van der Waals surface area contributed by atoms with E-state index in [0.29, 0.717) is 5.69 Å². The molecule has 3 rings (SSSR count). The van der Waals surface area contributed by atoms with E-state index in [4.69, 9.17) is 17.2 Å². The number of hydrogen-bond acceptors (Lipinski definition) is 2. The van der Waals surface area contributed by atoms with Gasteiger partial charge in [0.25, 0.3) is 0 Å². The Balaban J connectivity index is 1.99. The van der Waals surface area contributed by atoms with Gasteiger partial charge in [0.1, 0.15) is 5.82 Å². The van der Waals surface area contributed by atoms with Crippen LogP contribution in [0.15, 0.2) is 52.4 Å². The average Bonchev–Trinajstić information content (AvgIpc) is 2.89. The van der Waals surface area contributed by atoms with Crippen LogP contribution in [0.25, 0.3) is 22.4 Å². The highest BCUT2D eigenvalue weighted by Crippen LogP contribution is 2.24. The second kappa shape index (κ2) is 5.80. The molecule has 3 aromatic rings. The first kappa shape index (κ1) is 14.6. The maximum Gasteiger partial charge on any atom is 0.223 e. The number of aryl methyl sites for hydroxylation is 1. The van der Waals surface area contributed by atoms with E-state index >= 15 is 0 Å². The van der Waals surface area contributed by atoms with E-state index < -0.39 is 0 Å². The van der Waals surface area contributed by atoms with E-state index in [2.05, 4.69) is 26.0 Å². The third-order valence-corrected chi connectivity index (χ3v) is 3.24. The van der Waals surface area contributed by atoms with E-state index in [-0.39, 0.29) is 11.9 Å². The Bertz CT molecular complexity index is 917. The average molecular weight is 307 g/mol. The van der Waals surface area contributed by atoms with Crippen molar-refractivity contribution < 1.29 is 0 Å². The maximum absolute atomic E-state index is 5.65. The van der Waals surface area contributed by atoms with Crippen LogP contribution >= 0.6 is 0 Å². The minimum atomic E-state index is -0.130. The topological polar surface area (TPSA) is 131 Å². The summed E-state index contributed by atoms with van der Waals surface area (Å²) in [5, 5.41) is 0. The smallest absolute Gasteiger partial charge is 0.223 e. The zero-order valence-electron chi connectivity index (χ0n) is 12.6. The standard InChI is InChI=1S/C16H17N7/c1-9-5-6-12-13(7-9)22-14(21-12)10-3-2-4-11(8-10)20-16(19)23-15(17)18/h2-8H,1H3,(H,21,22)(H6,17,18,19,20,23). The molecule has 7 nitrogen and oxygen atoms in total. The lowest BCUT2D eigenvalue weighted by molar-refractivity contribution is 1.32. The summed E-state index contributed by atoms with van der Waals surface area (Å²) >= 11 is 0. The number of imidazole rings is 1. The van der Waals surface area contributed by atoms with Crippen LogP contribution in [0.4, 0.5) is 5.69 Å². The summed E-state index contributed by atoms with van der Waals surface area (Å²) in [5.41, 5.74) is 20.8. The van der Waals surface area contributed by atoms with E-state index in [1.165, 1.54) is 5.56 Å². The highest BCUT2D eigenvalue weighted by Gasteiger charge is 2.06. The van der Waals surface area contributed by atoms with Gasteiger partial charge >= 0.3 is 0 Å². The number of nitrogens with one attached hydrogen (secondary N) is 1. The van der Waals surface area contributed by atoms with Gasteiger partial charge in [-0.2, -0.15) is 4.99 Å². The highest BCUT2D eigenvalue weighted by molar-refractivity contribution is 5.93. The minimum absolute atomic E-state index is 0.00220. The van der Waals surface area contributed by atoms with Crippen molar-refractivity contribution in [1.29, 1.82) is 0 Å². The molecule has 1 aromatic heterocycles. The lowest BCUT2D eigenvalue weighted by Crippen LogP contribution is -2.26. The minimum Gasteiger partial charge on any atom is -0.370 e. The Morgan fingerprint density at radius 1 is 1.09 bits per heavy atom. The van der Waals surface area contributed by atoms with Crippen molar-refractivity contribution in [2.45, 2.75) is 6.92 Å². The van der Waals surface area contributed by atoms with E-state index in [0.717, 1.165) is 22.4 Å². The molecule has 23 heavy (non-hydrogen) atoms. The molecule has 116 valence electrons. The summed E-state index contributed by atoms with van der Waals surface area (Å²) in [6, 6.07) is 13.6. The van der Waals surface area contributed by atoms with Crippen molar-refractivity contribution >= 4 is 28.6 Å². The van der Waals surface area contributed by atoms with Gasteiger partial charge < -0.3 is 22.2 Å². The fraction of sp³-hybridized carbons (Fsp3) is 0.0625. The summed E-state index contributed by atoms with van der Waals surface area (Å²) in [5.74, 6) is 0.639. The predicted octanol–water partition coefficient (Wildman–Crippen LogP) is 1.76. The number of aliphatic imine (C=N–C) groups is 2. The molecular weight excluding hydrogens is 290 g/mol. The van der Waals surface area contributed by atoms with Crippen molar-refractivity contribution in [3.8, 4) is 11.4 Å². The SMILES string of the molecule is Cc1ccc2nc(-c3cccc(N=C(N)N=C(N)N)c3)[nH]c2c1. The van der Waals surface area contributed by atoms with Crippen molar-refractivity contribution in [1.82, 2.24) is 9.97 Å². The molecule has 2 aromatic carbocycles. The second-order valence-electron chi connectivity index (χ2n) is 5.16. The molecule has 1 heterocycles. The highest BCUT2D eigenvalue weighted by atomic mass is 15.1. The van der Waals surface area contributed by atoms with Crippen LogP contribution < -0.4 is 17.2 Å². The number of H-pyrrole nitrogens is 1. The van der Waals surface area contributed by atoms with Gasteiger partial charge in [0.2, 0.25) is 5.96 Å². The Morgan fingerprint density at radius 3 is 2.70 bits per heavy atom. The van der Waals surface area contributed by atoms with Crippen LogP contribution in [0.1, 0.15) is 5.56 Å². The molecule has 0 atom stereocenters. The van der Waals surface area contributed by atoms with Gasteiger partial charge in [0.05, 0.1) is 16.7 Å². The zero-order chi connectivity index (χ0) is 16.4. The molecule has 0 aliphatic heterocycles. The molecule has 0 spiro atoms. The predicted molar refractivity (Wildman–Crippen MR) is 93.4 cm³/mol. The maximum atomic E-state index is 5.65. The van der Waals surface area contributed by atoms with Gasteiger partial charge in [-0.3, -0.25) is 0 Å². The Hall–Kier alpha value is -3.35. The fourth-order valence-electron chi connectivity index (χ4n) is 2.27. The van der Waals surface area contributed by atoms with Gasteiger partial charge in [-0.1, -0.05) is 18.2 Å². The number of nitrogens with two attached hydrogens (primary N) is 3. The third-order valence-electron chi connectivity index (χ3n) is 3.24. The molecule has 0 fully saturated rings. The van der Waals surface area contributed by atoms with Crippen LogP contribution in [0.2, 0.25) is 0 Å². The first-order chi connectivity index (χ1) is 11.0. The molecule has 0 amide bonds. The number of rotatable bonds is 2. The summed E-state index contributed by atoms with van der Waals surface area (Å²) in [6.07, 6.45) is 0. The first-order valence-corrected chi connectivity index (χ1v) is 7.02. The number of aromatic amines is 1. The summed E-state index contributed by atoms with van der Waals surface area (Å²) < 4.78 is 0. The lowest BCUT2D eigenvalue weighted by Gasteiger charge is -2.00. The van der Waals surface area contributed by atoms with Crippen molar-refractivity contribution in [2.75, 3.05) is 0 Å². The molecule has 0 bridgehead atoms. The molecule has 0 aliphatic rings. The van der Waals surface area contributed by atoms with Crippen molar-refractivity contribution in [2.24, 2.45) is 27.2 Å².